The van der Waals surface area contributed by atoms with Crippen LogP contribution in [0.5, 0.6) is 0 Å². The van der Waals surface area contributed by atoms with Crippen LogP contribution in [0.1, 0.15) is 104 Å². The first-order valence-corrected chi connectivity index (χ1v) is 17.6. The molecule has 2 nitrogen and oxygen atoms in total. The molecule has 46 heavy (non-hydrogen) atoms. The lowest BCUT2D eigenvalue weighted by atomic mass is 9.82. The van der Waals surface area contributed by atoms with Gasteiger partial charge in [-0.3, -0.25) is 4.40 Å². The third kappa shape index (κ3) is 5.88. The maximum absolute atomic E-state index is 5.51. The van der Waals surface area contributed by atoms with Gasteiger partial charge in [0.1, 0.15) is 5.65 Å². The second kappa shape index (κ2) is 13.1. The zero-order chi connectivity index (χ0) is 32.7. The predicted octanol–water partition coefficient (Wildman–Crippen LogP) is 12.3. The van der Waals surface area contributed by atoms with E-state index in [1.54, 1.807) is 0 Å². The second-order valence-electron chi connectivity index (χ2n) is 14.5. The van der Waals surface area contributed by atoms with Crippen LogP contribution in [0.15, 0.2) is 72.8 Å². The van der Waals surface area contributed by atoms with Crippen LogP contribution in [0.4, 0.5) is 0 Å². The molecule has 0 saturated carbocycles. The molecule has 0 amide bonds. The lowest BCUT2D eigenvalue weighted by Crippen LogP contribution is -2.09. The topological polar surface area (TPSA) is 17.3 Å². The molecule has 2 heterocycles. The van der Waals surface area contributed by atoms with Crippen molar-refractivity contribution in [1.82, 2.24) is 9.38 Å². The highest BCUT2D eigenvalue weighted by Crippen LogP contribution is 2.43. The maximum Gasteiger partial charge on any atom is 0.146 e. The summed E-state index contributed by atoms with van der Waals surface area (Å²) >= 11 is 0. The van der Waals surface area contributed by atoms with Crippen LogP contribution < -0.4 is 0 Å². The fraction of sp³-hybridized carbons (Fsp3) is 0.386. The summed E-state index contributed by atoms with van der Waals surface area (Å²) in [5.74, 6) is 1.62. The van der Waals surface area contributed by atoms with E-state index in [1.807, 2.05) is 0 Å². The highest BCUT2D eigenvalue weighted by molar-refractivity contribution is 6.14. The molecule has 6 aromatic rings. The Bertz CT molecular complexity index is 2000. The zero-order valence-electron chi connectivity index (χ0n) is 29.6. The van der Waals surface area contributed by atoms with Crippen molar-refractivity contribution in [2.45, 2.75) is 100 Å². The van der Waals surface area contributed by atoms with Crippen LogP contribution >= 0.6 is 0 Å². The van der Waals surface area contributed by atoms with Gasteiger partial charge in [0, 0.05) is 16.3 Å². The molecule has 238 valence electrons. The standard InChI is InChI=1S/C44H52N2/c1-10-15-28(5)22-34-18-19-37-39-25-35(23-33-16-13-12-14-17-33)24-38(36(11-2)27(3)4)42(39)44-45-32(9)43(46(44)40(37)26-34)41-30(7)20-29(6)21-31(41)8/h12-14,16-21,24-28,36H,10-11,15,22-23H2,1-9H3. The molecule has 2 aromatic heterocycles. The molecule has 6 rings (SSSR count). The monoisotopic (exact) mass is 608 g/mol. The van der Waals surface area contributed by atoms with Crippen molar-refractivity contribution >= 4 is 27.3 Å². The summed E-state index contributed by atoms with van der Waals surface area (Å²) in [6.45, 7) is 20.8. The fourth-order valence-electron chi connectivity index (χ4n) is 8.36. The Morgan fingerprint density at radius 1 is 0.739 bits per heavy atom. The van der Waals surface area contributed by atoms with Gasteiger partial charge in [-0.15, -0.1) is 0 Å². The van der Waals surface area contributed by atoms with Gasteiger partial charge in [0.2, 0.25) is 0 Å². The number of rotatable bonds is 10. The molecule has 4 aromatic carbocycles. The molecule has 2 atom stereocenters. The van der Waals surface area contributed by atoms with Crippen molar-refractivity contribution in [2.24, 2.45) is 11.8 Å². The van der Waals surface area contributed by atoms with Crippen LogP contribution in [-0.4, -0.2) is 9.38 Å². The highest BCUT2D eigenvalue weighted by atomic mass is 15.0. The van der Waals surface area contributed by atoms with E-state index in [-0.39, 0.29) is 0 Å². The van der Waals surface area contributed by atoms with Gasteiger partial charge >= 0.3 is 0 Å². The van der Waals surface area contributed by atoms with Crippen molar-refractivity contribution in [1.29, 1.82) is 0 Å². The van der Waals surface area contributed by atoms with E-state index in [2.05, 4.69) is 140 Å². The molecule has 2 unspecified atom stereocenters. The number of hydrogen-bond acceptors (Lipinski definition) is 1. The smallest absolute Gasteiger partial charge is 0.146 e. The number of nitrogens with zero attached hydrogens (tertiary/aromatic N) is 2. The van der Waals surface area contributed by atoms with Gasteiger partial charge < -0.3 is 0 Å². The van der Waals surface area contributed by atoms with Gasteiger partial charge in [0.15, 0.2) is 0 Å². The van der Waals surface area contributed by atoms with E-state index in [9.17, 15) is 0 Å². The van der Waals surface area contributed by atoms with Crippen LogP contribution in [0.2, 0.25) is 0 Å². The van der Waals surface area contributed by atoms with Crippen molar-refractivity contribution in [3.05, 3.63) is 117 Å². The first-order chi connectivity index (χ1) is 22.1. The Balaban J connectivity index is 1.77. The third-order valence-corrected chi connectivity index (χ3v) is 10.3. The zero-order valence-corrected chi connectivity index (χ0v) is 29.6. The summed E-state index contributed by atoms with van der Waals surface area (Å²) in [6.07, 6.45) is 5.60. The largest absolute Gasteiger partial charge is 0.291 e. The van der Waals surface area contributed by atoms with Gasteiger partial charge in [-0.1, -0.05) is 114 Å². The molecule has 0 aliphatic heterocycles. The van der Waals surface area contributed by atoms with Gasteiger partial charge in [-0.25, -0.2) is 4.98 Å². The normalized spacial score (nSPS) is 13.3. The van der Waals surface area contributed by atoms with E-state index < -0.39 is 0 Å². The minimum Gasteiger partial charge on any atom is -0.291 e. The van der Waals surface area contributed by atoms with E-state index in [4.69, 9.17) is 4.98 Å². The van der Waals surface area contributed by atoms with Crippen molar-refractivity contribution < 1.29 is 0 Å². The van der Waals surface area contributed by atoms with Crippen LogP contribution in [0.3, 0.4) is 0 Å². The van der Waals surface area contributed by atoms with E-state index in [0.29, 0.717) is 17.8 Å². The van der Waals surface area contributed by atoms with Gasteiger partial charge in [0.25, 0.3) is 0 Å². The minimum absolute atomic E-state index is 0.442. The summed E-state index contributed by atoms with van der Waals surface area (Å²) in [4.78, 5) is 5.51. The third-order valence-electron chi connectivity index (χ3n) is 10.3. The molecule has 2 heteroatoms. The molecule has 0 fully saturated rings. The molecule has 0 aliphatic rings. The van der Waals surface area contributed by atoms with Gasteiger partial charge in [0.05, 0.1) is 16.9 Å². The van der Waals surface area contributed by atoms with Gasteiger partial charge in [-0.2, -0.15) is 0 Å². The predicted molar refractivity (Wildman–Crippen MR) is 199 cm³/mol. The first kappa shape index (κ1) is 32.0. The quantitative estimate of drug-likeness (QED) is 0.141. The molecule has 0 N–H and O–H groups in total. The summed E-state index contributed by atoms with van der Waals surface area (Å²) in [5.41, 5.74) is 15.6. The summed E-state index contributed by atoms with van der Waals surface area (Å²) in [7, 11) is 0. The number of fused-ring (bicyclic) bond motifs is 6. The Labute approximate surface area is 276 Å². The number of imidazole rings is 1. The Kier molecular flexibility index (Phi) is 9.10. The number of aromatic nitrogens is 2. The number of aryl methyl sites for hydroxylation is 4. The van der Waals surface area contributed by atoms with Gasteiger partial charge in [-0.05, 0) is 116 Å². The number of hydrogen-bond donors (Lipinski definition) is 0. The summed E-state index contributed by atoms with van der Waals surface area (Å²) in [6, 6.07) is 27.9. The Hall–Kier alpha value is -3.91. The molecular weight excluding hydrogens is 556 g/mol. The minimum atomic E-state index is 0.442. The summed E-state index contributed by atoms with van der Waals surface area (Å²) < 4.78 is 2.54. The first-order valence-electron chi connectivity index (χ1n) is 17.6. The van der Waals surface area contributed by atoms with Crippen molar-refractivity contribution in [3.63, 3.8) is 0 Å². The van der Waals surface area contributed by atoms with Crippen LogP contribution in [0.25, 0.3) is 38.6 Å². The molecule has 0 radical (unpaired) electrons. The average molecular weight is 609 g/mol. The van der Waals surface area contributed by atoms with E-state index in [0.717, 1.165) is 30.6 Å². The summed E-state index contributed by atoms with van der Waals surface area (Å²) in [5, 5.41) is 3.99. The number of benzene rings is 4. The highest BCUT2D eigenvalue weighted by Gasteiger charge is 2.25. The van der Waals surface area contributed by atoms with Crippen LogP contribution in [-0.2, 0) is 12.8 Å². The molecule has 0 saturated heterocycles. The Morgan fingerprint density at radius 3 is 2.11 bits per heavy atom. The van der Waals surface area contributed by atoms with Crippen molar-refractivity contribution in [3.8, 4) is 11.3 Å². The fourth-order valence-corrected chi connectivity index (χ4v) is 8.36. The maximum atomic E-state index is 5.51. The SMILES string of the molecule is CCCC(C)Cc1ccc2c3cc(Cc4ccccc4)cc(C(CC)C(C)C)c3c3nc(C)c(-c4c(C)cc(C)cc4C)n3c2c1. The molecule has 0 spiro atoms. The lowest BCUT2D eigenvalue weighted by molar-refractivity contribution is 0.488. The lowest BCUT2D eigenvalue weighted by Gasteiger charge is -2.24. The second-order valence-corrected chi connectivity index (χ2v) is 14.5. The molecular formula is C44H52N2. The van der Waals surface area contributed by atoms with Crippen LogP contribution in [0, 0.1) is 39.5 Å². The van der Waals surface area contributed by atoms with E-state index >= 15 is 0 Å². The van der Waals surface area contributed by atoms with Crippen molar-refractivity contribution in [2.75, 3.05) is 0 Å². The number of pyridine rings is 1. The van der Waals surface area contributed by atoms with E-state index in [1.165, 1.54) is 84.7 Å². The Morgan fingerprint density at radius 2 is 1.46 bits per heavy atom. The molecule has 0 bridgehead atoms. The average Bonchev–Trinajstić information content (AvgIpc) is 3.33. The molecule has 0 aliphatic carbocycles.